The van der Waals surface area contributed by atoms with E-state index in [1.54, 1.807) is 0 Å². The van der Waals surface area contributed by atoms with Crippen LogP contribution in [0.4, 0.5) is 0 Å². The van der Waals surface area contributed by atoms with Crippen LogP contribution in [-0.2, 0) is 0 Å². The van der Waals surface area contributed by atoms with Gasteiger partial charge in [-0.1, -0.05) is 118 Å². The Morgan fingerprint density at radius 1 is 0.417 bits per heavy atom. The Balaban J connectivity index is 0.000000726. The van der Waals surface area contributed by atoms with Crippen molar-refractivity contribution >= 4 is 21.8 Å². The summed E-state index contributed by atoms with van der Waals surface area (Å²) in [4.78, 5) is 0. The normalized spacial score (nSPS) is 10.4. The largest absolute Gasteiger partial charge is 0.309 e. The molecule has 0 atom stereocenters. The second kappa shape index (κ2) is 11.6. The van der Waals surface area contributed by atoms with Crippen molar-refractivity contribution in [2.24, 2.45) is 0 Å². The van der Waals surface area contributed by atoms with E-state index in [1.807, 2.05) is 27.7 Å². The highest BCUT2D eigenvalue weighted by molar-refractivity contribution is 6.10. The van der Waals surface area contributed by atoms with E-state index in [4.69, 9.17) is 0 Å². The lowest BCUT2D eigenvalue weighted by Gasteiger charge is -2.09. The molecule has 0 aliphatic carbocycles. The van der Waals surface area contributed by atoms with Crippen molar-refractivity contribution in [3.63, 3.8) is 0 Å². The molecule has 0 radical (unpaired) electrons. The van der Waals surface area contributed by atoms with Gasteiger partial charge in [-0.15, -0.1) is 0 Å². The first-order valence-electron chi connectivity index (χ1n) is 13.0. The molecular weight excluding hydrogens is 434 g/mol. The number of rotatable bonds is 3. The van der Waals surface area contributed by atoms with Crippen LogP contribution in [0.2, 0.25) is 0 Å². The maximum atomic E-state index is 2.36. The zero-order valence-electron chi connectivity index (χ0n) is 22.0. The van der Waals surface area contributed by atoms with Crippen molar-refractivity contribution in [1.82, 2.24) is 4.57 Å². The van der Waals surface area contributed by atoms with Crippen LogP contribution in [0.1, 0.15) is 33.3 Å². The van der Waals surface area contributed by atoms with Crippen molar-refractivity contribution in [2.75, 3.05) is 0 Å². The van der Waals surface area contributed by atoms with Gasteiger partial charge in [-0.2, -0.15) is 0 Å². The second-order valence-electron chi connectivity index (χ2n) is 8.37. The first-order chi connectivity index (χ1) is 17.8. The van der Waals surface area contributed by atoms with Crippen LogP contribution < -0.4 is 0 Å². The molecule has 1 nitrogen and oxygen atoms in total. The fraction of sp³-hybridized carbons (Fsp3) is 0.143. The second-order valence-corrected chi connectivity index (χ2v) is 8.37. The summed E-state index contributed by atoms with van der Waals surface area (Å²) in [6, 6.07) is 43.7. The zero-order chi connectivity index (χ0) is 25.5. The van der Waals surface area contributed by atoms with Gasteiger partial charge in [0, 0.05) is 16.5 Å². The quantitative estimate of drug-likeness (QED) is 0.243. The lowest BCUT2D eigenvalue weighted by atomic mass is 9.97. The van der Waals surface area contributed by atoms with E-state index in [-0.39, 0.29) is 0 Å². The highest BCUT2D eigenvalue weighted by Gasteiger charge is 2.13. The minimum atomic E-state index is 1.19. The Bertz CT molecular complexity index is 1570. The Morgan fingerprint density at radius 3 is 1.67 bits per heavy atom. The summed E-state index contributed by atoms with van der Waals surface area (Å²) < 4.78 is 2.36. The van der Waals surface area contributed by atoms with E-state index in [2.05, 4.69) is 133 Å². The number of aryl methyl sites for hydroxylation is 1. The van der Waals surface area contributed by atoms with Crippen LogP contribution in [0.25, 0.3) is 49.7 Å². The molecule has 5 aromatic carbocycles. The molecule has 0 N–H and O–H groups in total. The summed E-state index contributed by atoms with van der Waals surface area (Å²) in [5, 5.41) is 2.56. The molecule has 0 fully saturated rings. The predicted molar refractivity (Wildman–Crippen MR) is 159 cm³/mol. The fourth-order valence-corrected chi connectivity index (χ4v) is 4.71. The van der Waals surface area contributed by atoms with Crippen molar-refractivity contribution in [1.29, 1.82) is 0 Å². The molecule has 0 amide bonds. The van der Waals surface area contributed by atoms with E-state index in [0.29, 0.717) is 0 Å². The molecule has 0 spiro atoms. The monoisotopic (exact) mass is 469 g/mol. The van der Waals surface area contributed by atoms with Gasteiger partial charge in [0.2, 0.25) is 0 Å². The third-order valence-corrected chi connectivity index (χ3v) is 6.23. The maximum Gasteiger partial charge on any atom is 0.0541 e. The molecule has 0 saturated carbocycles. The number of aromatic nitrogens is 1. The zero-order valence-corrected chi connectivity index (χ0v) is 22.0. The molecule has 1 heterocycles. The Kier molecular flexibility index (Phi) is 8.02. The van der Waals surface area contributed by atoms with Crippen LogP contribution in [0.3, 0.4) is 0 Å². The van der Waals surface area contributed by atoms with E-state index in [0.717, 1.165) is 0 Å². The first-order valence-corrected chi connectivity index (χ1v) is 13.0. The van der Waals surface area contributed by atoms with Gasteiger partial charge in [-0.05, 0) is 65.6 Å². The standard InChI is InChI=1S/C31H23N.2C2H6/c1-22-9-7-10-23(19-22)24-11-8-12-25(20-24)26-17-18-31-29(21-26)28-15-5-6-16-30(28)32(31)27-13-3-2-4-14-27;2*1-2/h2-21H,1H3;2*1-2H3. The number of nitrogens with zero attached hydrogens (tertiary/aromatic N) is 1. The summed E-state index contributed by atoms with van der Waals surface area (Å²) in [5.74, 6) is 0. The summed E-state index contributed by atoms with van der Waals surface area (Å²) in [5.41, 5.74) is 9.92. The summed E-state index contributed by atoms with van der Waals surface area (Å²) in [6.45, 7) is 10.1. The average Bonchev–Trinajstić information content (AvgIpc) is 3.29. The van der Waals surface area contributed by atoms with Gasteiger partial charge in [0.1, 0.15) is 0 Å². The minimum absolute atomic E-state index is 1.19. The first kappa shape index (κ1) is 25.0. The molecule has 0 unspecified atom stereocenters. The highest BCUT2D eigenvalue weighted by atomic mass is 15.0. The van der Waals surface area contributed by atoms with Crippen molar-refractivity contribution in [3.05, 3.63) is 127 Å². The van der Waals surface area contributed by atoms with Gasteiger partial charge in [0.15, 0.2) is 0 Å². The Hall–Kier alpha value is -4.10. The molecule has 1 aromatic heterocycles. The predicted octanol–water partition coefficient (Wildman–Crippen LogP) is 10.5. The third-order valence-electron chi connectivity index (χ3n) is 6.23. The van der Waals surface area contributed by atoms with E-state index in [1.165, 1.54) is 55.3 Å². The molecular formula is C35H35N. The lowest BCUT2D eigenvalue weighted by molar-refractivity contribution is 1.18. The van der Waals surface area contributed by atoms with Gasteiger partial charge < -0.3 is 4.57 Å². The van der Waals surface area contributed by atoms with Crippen molar-refractivity contribution < 1.29 is 0 Å². The summed E-state index contributed by atoms with van der Waals surface area (Å²) in [7, 11) is 0. The number of para-hydroxylation sites is 2. The maximum absolute atomic E-state index is 2.36. The van der Waals surface area contributed by atoms with Gasteiger partial charge >= 0.3 is 0 Å². The van der Waals surface area contributed by atoms with E-state index >= 15 is 0 Å². The van der Waals surface area contributed by atoms with E-state index in [9.17, 15) is 0 Å². The van der Waals surface area contributed by atoms with Crippen molar-refractivity contribution in [3.8, 4) is 27.9 Å². The number of hydrogen-bond acceptors (Lipinski definition) is 0. The summed E-state index contributed by atoms with van der Waals surface area (Å²) >= 11 is 0. The van der Waals surface area contributed by atoms with Crippen molar-refractivity contribution in [2.45, 2.75) is 34.6 Å². The van der Waals surface area contributed by atoms with Crippen LogP contribution >= 0.6 is 0 Å². The van der Waals surface area contributed by atoms with Gasteiger partial charge in [0.25, 0.3) is 0 Å². The highest BCUT2D eigenvalue weighted by Crippen LogP contribution is 2.35. The molecule has 0 aliphatic rings. The molecule has 6 rings (SSSR count). The molecule has 6 aromatic rings. The summed E-state index contributed by atoms with van der Waals surface area (Å²) in [6.07, 6.45) is 0. The Morgan fingerprint density at radius 2 is 0.972 bits per heavy atom. The third kappa shape index (κ3) is 4.83. The van der Waals surface area contributed by atoms with Crippen LogP contribution in [-0.4, -0.2) is 4.57 Å². The van der Waals surface area contributed by atoms with Crippen LogP contribution in [0, 0.1) is 6.92 Å². The Labute approximate surface area is 215 Å². The molecule has 0 bridgehead atoms. The topological polar surface area (TPSA) is 4.93 Å². The minimum Gasteiger partial charge on any atom is -0.309 e. The lowest BCUT2D eigenvalue weighted by Crippen LogP contribution is -1.92. The molecule has 36 heavy (non-hydrogen) atoms. The van der Waals surface area contributed by atoms with Gasteiger partial charge in [-0.25, -0.2) is 0 Å². The molecule has 1 heteroatoms. The average molecular weight is 470 g/mol. The number of fused-ring (bicyclic) bond motifs is 3. The fourth-order valence-electron chi connectivity index (χ4n) is 4.71. The van der Waals surface area contributed by atoms with E-state index < -0.39 is 0 Å². The SMILES string of the molecule is CC.CC.Cc1cccc(-c2cccc(-c3ccc4c(c3)c3ccccc3n4-c3ccccc3)c2)c1. The van der Waals surface area contributed by atoms with Crippen LogP contribution in [0.15, 0.2) is 121 Å². The smallest absolute Gasteiger partial charge is 0.0541 e. The number of hydrogen-bond donors (Lipinski definition) is 0. The van der Waals surface area contributed by atoms with Crippen LogP contribution in [0.5, 0.6) is 0 Å². The molecule has 0 aliphatic heterocycles. The van der Waals surface area contributed by atoms with Gasteiger partial charge in [-0.3, -0.25) is 0 Å². The van der Waals surface area contributed by atoms with Gasteiger partial charge in [0.05, 0.1) is 11.0 Å². The molecule has 180 valence electrons. The number of benzene rings is 5. The molecule has 0 saturated heterocycles.